The monoisotopic (exact) mass is 143 g/mol. The summed E-state index contributed by atoms with van der Waals surface area (Å²) in [6, 6.07) is 0. The molecule has 1 saturated heterocycles. The molecule has 60 valence electrons. The van der Waals surface area contributed by atoms with Crippen molar-refractivity contribution in [2.45, 2.75) is 32.6 Å². The fraction of sp³-hybridized carbons (Fsp3) is 1.00. The van der Waals surface area contributed by atoms with Crippen LogP contribution < -0.4 is 0 Å². The predicted molar refractivity (Wildman–Crippen MR) is 41.7 cm³/mol. The lowest BCUT2D eigenvalue weighted by atomic mass is 10.4. The highest BCUT2D eigenvalue weighted by atomic mass is 16.7. The molecule has 0 unspecified atom stereocenters. The van der Waals surface area contributed by atoms with Gasteiger partial charge in [0.05, 0.1) is 6.61 Å². The average Bonchev–Trinajstić information content (AvgIpc) is 2.41. The first kappa shape index (κ1) is 8.02. The van der Waals surface area contributed by atoms with Gasteiger partial charge in [-0.05, 0) is 19.3 Å². The first-order valence-corrected chi connectivity index (χ1v) is 4.31. The molecule has 10 heavy (non-hydrogen) atoms. The lowest BCUT2D eigenvalue weighted by Gasteiger charge is -2.13. The molecule has 0 aromatic rings. The molecule has 0 aromatic heterocycles. The third-order valence-electron chi connectivity index (χ3n) is 1.84. The minimum atomic E-state index is 0.913. The maximum atomic E-state index is 5.48. The zero-order chi connectivity index (χ0) is 7.23. The van der Waals surface area contributed by atoms with Crippen molar-refractivity contribution < 1.29 is 4.84 Å². The molecule has 0 atom stereocenters. The molecule has 1 heterocycles. The maximum Gasteiger partial charge on any atom is 0.0685 e. The summed E-state index contributed by atoms with van der Waals surface area (Å²) in [6.45, 7) is 5.39. The van der Waals surface area contributed by atoms with Gasteiger partial charge in [0.1, 0.15) is 0 Å². The second kappa shape index (κ2) is 4.69. The Hall–Kier alpha value is -0.0800. The molecule has 0 aliphatic carbocycles. The number of hydroxylamine groups is 2. The summed E-state index contributed by atoms with van der Waals surface area (Å²) in [7, 11) is 0. The largest absolute Gasteiger partial charge is 0.299 e. The van der Waals surface area contributed by atoms with Gasteiger partial charge in [-0.1, -0.05) is 13.3 Å². The summed E-state index contributed by atoms with van der Waals surface area (Å²) in [4.78, 5) is 5.48. The highest BCUT2D eigenvalue weighted by molar-refractivity contribution is 4.56. The summed E-state index contributed by atoms with van der Waals surface area (Å²) in [5.41, 5.74) is 0. The van der Waals surface area contributed by atoms with Crippen LogP contribution in [-0.2, 0) is 4.84 Å². The third kappa shape index (κ3) is 2.67. The number of rotatable bonds is 4. The molecule has 1 fully saturated rings. The van der Waals surface area contributed by atoms with Crippen LogP contribution in [0.3, 0.4) is 0 Å². The normalized spacial score (nSPS) is 20.1. The summed E-state index contributed by atoms with van der Waals surface area (Å²) in [6.07, 6.45) is 5.04. The van der Waals surface area contributed by atoms with Gasteiger partial charge in [-0.25, -0.2) is 0 Å². The first-order chi connectivity index (χ1) is 4.93. The van der Waals surface area contributed by atoms with Gasteiger partial charge in [0, 0.05) is 13.1 Å². The third-order valence-corrected chi connectivity index (χ3v) is 1.84. The Morgan fingerprint density at radius 3 is 2.60 bits per heavy atom. The first-order valence-electron chi connectivity index (χ1n) is 4.31. The lowest BCUT2D eigenvalue weighted by molar-refractivity contribution is -0.143. The molecule has 1 aliphatic heterocycles. The molecule has 2 nitrogen and oxygen atoms in total. The van der Waals surface area contributed by atoms with E-state index in [0.717, 1.165) is 19.7 Å². The van der Waals surface area contributed by atoms with Gasteiger partial charge >= 0.3 is 0 Å². The van der Waals surface area contributed by atoms with Crippen molar-refractivity contribution in [3.8, 4) is 0 Å². The molecule has 0 aromatic carbocycles. The van der Waals surface area contributed by atoms with E-state index >= 15 is 0 Å². The Morgan fingerprint density at radius 1 is 1.30 bits per heavy atom. The molecule has 2 heteroatoms. The van der Waals surface area contributed by atoms with E-state index in [1.165, 1.54) is 25.7 Å². The van der Waals surface area contributed by atoms with Crippen LogP contribution in [0.2, 0.25) is 0 Å². The molecule has 0 amide bonds. The number of nitrogens with zero attached hydrogens (tertiary/aromatic N) is 1. The SMILES string of the molecule is CCCCON1CCCC1. The lowest BCUT2D eigenvalue weighted by Crippen LogP contribution is -2.20. The summed E-state index contributed by atoms with van der Waals surface area (Å²) in [5.74, 6) is 0. The minimum Gasteiger partial charge on any atom is -0.299 e. The van der Waals surface area contributed by atoms with Crippen LogP contribution in [0.1, 0.15) is 32.6 Å². The Bertz CT molecular complexity index is 79.3. The van der Waals surface area contributed by atoms with Crippen LogP contribution >= 0.6 is 0 Å². The van der Waals surface area contributed by atoms with Crippen LogP contribution in [0.4, 0.5) is 0 Å². The molecule has 0 spiro atoms. The second-order valence-corrected chi connectivity index (χ2v) is 2.82. The topological polar surface area (TPSA) is 12.5 Å². The van der Waals surface area contributed by atoms with Crippen LogP contribution in [-0.4, -0.2) is 24.8 Å². The number of hydrogen-bond donors (Lipinski definition) is 0. The molecule has 0 radical (unpaired) electrons. The maximum absolute atomic E-state index is 5.48. The van der Waals surface area contributed by atoms with E-state index in [1.54, 1.807) is 0 Å². The van der Waals surface area contributed by atoms with Gasteiger partial charge in [-0.2, -0.15) is 5.06 Å². The van der Waals surface area contributed by atoms with Crippen LogP contribution in [0.15, 0.2) is 0 Å². The van der Waals surface area contributed by atoms with E-state index in [4.69, 9.17) is 4.84 Å². The zero-order valence-corrected chi connectivity index (χ0v) is 6.81. The molecule has 1 rings (SSSR count). The minimum absolute atomic E-state index is 0.913. The molecule has 0 saturated carbocycles. The van der Waals surface area contributed by atoms with Gasteiger partial charge in [0.15, 0.2) is 0 Å². The predicted octanol–water partition coefficient (Wildman–Crippen LogP) is 1.81. The average molecular weight is 143 g/mol. The summed E-state index contributed by atoms with van der Waals surface area (Å²) < 4.78 is 0. The second-order valence-electron chi connectivity index (χ2n) is 2.82. The van der Waals surface area contributed by atoms with Crippen molar-refractivity contribution in [3.63, 3.8) is 0 Å². The molecule has 0 N–H and O–H groups in total. The fourth-order valence-electron chi connectivity index (χ4n) is 1.16. The quantitative estimate of drug-likeness (QED) is 0.556. The summed E-state index contributed by atoms with van der Waals surface area (Å²) in [5, 5.41) is 2.09. The molecular weight excluding hydrogens is 126 g/mol. The highest BCUT2D eigenvalue weighted by Crippen LogP contribution is 2.07. The van der Waals surface area contributed by atoms with Crippen LogP contribution in [0, 0.1) is 0 Å². The van der Waals surface area contributed by atoms with Gasteiger partial charge < -0.3 is 0 Å². The standard InChI is InChI=1S/C8H17NO/c1-2-3-8-10-9-6-4-5-7-9/h2-8H2,1H3. The van der Waals surface area contributed by atoms with Crippen molar-refractivity contribution in [1.29, 1.82) is 0 Å². The summed E-state index contributed by atoms with van der Waals surface area (Å²) >= 11 is 0. The van der Waals surface area contributed by atoms with E-state index in [2.05, 4.69) is 12.0 Å². The Kier molecular flexibility index (Phi) is 3.76. The fourth-order valence-corrected chi connectivity index (χ4v) is 1.16. The van der Waals surface area contributed by atoms with E-state index in [9.17, 15) is 0 Å². The Labute approximate surface area is 63.1 Å². The molecular formula is C8H17NO. The van der Waals surface area contributed by atoms with Crippen molar-refractivity contribution in [2.75, 3.05) is 19.7 Å². The number of hydrogen-bond acceptors (Lipinski definition) is 2. The van der Waals surface area contributed by atoms with E-state index < -0.39 is 0 Å². The van der Waals surface area contributed by atoms with Crippen molar-refractivity contribution in [2.24, 2.45) is 0 Å². The van der Waals surface area contributed by atoms with Gasteiger partial charge in [0.2, 0.25) is 0 Å². The molecule has 0 bridgehead atoms. The zero-order valence-electron chi connectivity index (χ0n) is 6.81. The smallest absolute Gasteiger partial charge is 0.0685 e. The van der Waals surface area contributed by atoms with Gasteiger partial charge in [-0.3, -0.25) is 4.84 Å². The number of unbranched alkanes of at least 4 members (excludes halogenated alkanes) is 1. The van der Waals surface area contributed by atoms with Crippen molar-refractivity contribution >= 4 is 0 Å². The van der Waals surface area contributed by atoms with Gasteiger partial charge in [-0.15, -0.1) is 0 Å². The van der Waals surface area contributed by atoms with Gasteiger partial charge in [0.25, 0.3) is 0 Å². The Balaban J connectivity index is 1.91. The van der Waals surface area contributed by atoms with Crippen molar-refractivity contribution in [1.82, 2.24) is 5.06 Å². The van der Waals surface area contributed by atoms with Crippen molar-refractivity contribution in [3.05, 3.63) is 0 Å². The Morgan fingerprint density at radius 2 is 2.00 bits per heavy atom. The van der Waals surface area contributed by atoms with Crippen LogP contribution in [0.25, 0.3) is 0 Å². The molecule has 1 aliphatic rings. The van der Waals surface area contributed by atoms with E-state index in [-0.39, 0.29) is 0 Å². The van der Waals surface area contributed by atoms with E-state index in [1.807, 2.05) is 0 Å². The highest BCUT2D eigenvalue weighted by Gasteiger charge is 2.10. The van der Waals surface area contributed by atoms with Crippen LogP contribution in [0.5, 0.6) is 0 Å². The van der Waals surface area contributed by atoms with E-state index in [0.29, 0.717) is 0 Å².